The van der Waals surface area contributed by atoms with E-state index >= 15 is 0 Å². The van der Waals surface area contributed by atoms with Crippen LogP contribution in [0.4, 0.5) is 5.69 Å². The van der Waals surface area contributed by atoms with E-state index in [2.05, 4.69) is 20.8 Å². The van der Waals surface area contributed by atoms with E-state index in [1.165, 1.54) is 29.2 Å². The van der Waals surface area contributed by atoms with Crippen LogP contribution in [0.25, 0.3) is 5.76 Å². The Morgan fingerprint density at radius 2 is 1.68 bits per heavy atom. The third kappa shape index (κ3) is 5.29. The molecule has 1 aliphatic rings. The van der Waals surface area contributed by atoms with Crippen LogP contribution < -0.4 is 4.74 Å². The van der Waals surface area contributed by atoms with E-state index in [1.54, 1.807) is 0 Å². The van der Waals surface area contributed by atoms with Gasteiger partial charge in [0.15, 0.2) is 0 Å². The summed E-state index contributed by atoms with van der Waals surface area (Å²) in [6.45, 7) is 8.76. The fraction of sp³-hybridized carbons (Fsp3) is 0.267. The second-order valence-electron chi connectivity index (χ2n) is 10.2. The Balaban J connectivity index is 1.83. The molecule has 1 unspecified atom stereocenters. The number of Topliss-reactive ketones (excluding diaryl/α,β-unsaturated/α-hetero) is 1. The van der Waals surface area contributed by atoms with Gasteiger partial charge in [-0.2, -0.15) is 0 Å². The molecule has 1 aliphatic heterocycles. The highest BCUT2D eigenvalue weighted by atomic mass is 16.6. The number of aliphatic hydroxyl groups excluding tert-OH is 1. The van der Waals surface area contributed by atoms with Crippen molar-refractivity contribution in [3.05, 3.63) is 111 Å². The molecule has 1 amide bonds. The predicted molar refractivity (Wildman–Crippen MR) is 144 cm³/mol. The van der Waals surface area contributed by atoms with Crippen LogP contribution in [0, 0.1) is 10.1 Å². The number of amides is 1. The van der Waals surface area contributed by atoms with Gasteiger partial charge >= 0.3 is 0 Å². The third-order valence-corrected chi connectivity index (χ3v) is 6.55. The van der Waals surface area contributed by atoms with Gasteiger partial charge in [-0.25, -0.2) is 0 Å². The third-order valence-electron chi connectivity index (χ3n) is 6.55. The first-order chi connectivity index (χ1) is 18.0. The lowest BCUT2D eigenvalue weighted by Crippen LogP contribution is -2.29. The summed E-state index contributed by atoms with van der Waals surface area (Å²) < 4.78 is 5.59. The number of hydrogen-bond donors (Lipinski definition) is 1. The van der Waals surface area contributed by atoms with Crippen molar-refractivity contribution in [3.8, 4) is 5.75 Å². The minimum absolute atomic E-state index is 0.0617. The number of ether oxygens (including phenoxy) is 1. The van der Waals surface area contributed by atoms with Crippen LogP contribution in [0.2, 0.25) is 0 Å². The zero-order valence-corrected chi connectivity index (χ0v) is 21.8. The topological polar surface area (TPSA) is 110 Å². The van der Waals surface area contributed by atoms with Crippen LogP contribution in [-0.4, -0.2) is 33.2 Å². The van der Waals surface area contributed by atoms with Gasteiger partial charge in [0, 0.05) is 24.2 Å². The normalized spacial score (nSPS) is 17.1. The molecule has 0 aliphatic carbocycles. The van der Waals surface area contributed by atoms with E-state index in [1.807, 2.05) is 55.5 Å². The first-order valence-corrected chi connectivity index (χ1v) is 12.4. The lowest BCUT2D eigenvalue weighted by Gasteiger charge is -2.27. The number of nitro benzene ring substituents is 1. The Morgan fingerprint density at radius 1 is 1.03 bits per heavy atom. The number of aliphatic hydroxyl groups is 1. The van der Waals surface area contributed by atoms with Crippen LogP contribution in [0.1, 0.15) is 56.0 Å². The molecule has 1 fully saturated rings. The SMILES string of the molecule is CCOc1cccc(CN2C(=O)C(=O)/C(=C(\O)c3ccc([N+](=O)[O-])cc3)C2c2ccc(C(C)(C)C)cc2)c1. The largest absolute Gasteiger partial charge is 0.507 e. The van der Waals surface area contributed by atoms with Crippen LogP contribution in [-0.2, 0) is 21.5 Å². The first kappa shape index (κ1) is 26.6. The van der Waals surface area contributed by atoms with Crippen molar-refractivity contribution in [2.45, 2.75) is 45.7 Å². The maximum absolute atomic E-state index is 13.3. The van der Waals surface area contributed by atoms with E-state index in [0.29, 0.717) is 17.9 Å². The maximum Gasteiger partial charge on any atom is 0.295 e. The first-order valence-electron chi connectivity index (χ1n) is 12.4. The van der Waals surface area contributed by atoms with E-state index in [-0.39, 0.29) is 34.5 Å². The second kappa shape index (κ2) is 10.5. The lowest BCUT2D eigenvalue weighted by atomic mass is 9.85. The summed E-state index contributed by atoms with van der Waals surface area (Å²) in [5.74, 6) is -1.28. The molecule has 8 nitrogen and oxygen atoms in total. The molecular weight excluding hydrogens is 484 g/mol. The molecule has 0 aromatic heterocycles. The fourth-order valence-corrected chi connectivity index (χ4v) is 4.55. The molecule has 196 valence electrons. The summed E-state index contributed by atoms with van der Waals surface area (Å²) in [6.07, 6.45) is 0. The van der Waals surface area contributed by atoms with Gasteiger partial charge in [-0.15, -0.1) is 0 Å². The Morgan fingerprint density at radius 3 is 2.26 bits per heavy atom. The number of benzene rings is 3. The van der Waals surface area contributed by atoms with Gasteiger partial charge in [-0.05, 0) is 53.3 Å². The molecule has 4 rings (SSSR count). The Hall–Kier alpha value is -4.46. The smallest absolute Gasteiger partial charge is 0.295 e. The lowest BCUT2D eigenvalue weighted by molar-refractivity contribution is -0.384. The molecule has 0 spiro atoms. The molecule has 1 N–H and O–H groups in total. The molecule has 0 radical (unpaired) electrons. The molecule has 38 heavy (non-hydrogen) atoms. The number of hydrogen-bond acceptors (Lipinski definition) is 6. The van der Waals surface area contributed by atoms with Crippen molar-refractivity contribution >= 4 is 23.1 Å². The van der Waals surface area contributed by atoms with E-state index < -0.39 is 22.7 Å². The minimum Gasteiger partial charge on any atom is -0.507 e. The summed E-state index contributed by atoms with van der Waals surface area (Å²) in [4.78, 5) is 38.6. The van der Waals surface area contributed by atoms with Crippen molar-refractivity contribution in [2.24, 2.45) is 0 Å². The average Bonchev–Trinajstić information content (AvgIpc) is 3.13. The zero-order chi connectivity index (χ0) is 27.6. The molecule has 1 saturated heterocycles. The van der Waals surface area contributed by atoms with Crippen molar-refractivity contribution in [1.82, 2.24) is 4.90 Å². The monoisotopic (exact) mass is 514 g/mol. The van der Waals surface area contributed by atoms with Gasteiger partial charge in [0.05, 0.1) is 23.1 Å². The Labute approximate surface area is 221 Å². The molecule has 0 saturated carbocycles. The molecule has 3 aromatic carbocycles. The standard InChI is InChI=1S/C30H30N2O6/c1-5-38-24-8-6-7-19(17-24)18-31-26(20-9-13-22(14-10-20)30(2,3)4)25(28(34)29(31)35)27(33)21-11-15-23(16-12-21)32(36)37/h6-17,26,33H,5,18H2,1-4H3/b27-25-. The van der Waals surface area contributed by atoms with Gasteiger partial charge in [0.25, 0.3) is 17.4 Å². The van der Waals surface area contributed by atoms with Crippen LogP contribution in [0.15, 0.2) is 78.4 Å². The van der Waals surface area contributed by atoms with Crippen molar-refractivity contribution in [3.63, 3.8) is 0 Å². The van der Waals surface area contributed by atoms with Crippen LogP contribution in [0.3, 0.4) is 0 Å². The van der Waals surface area contributed by atoms with Crippen LogP contribution >= 0.6 is 0 Å². The zero-order valence-electron chi connectivity index (χ0n) is 21.8. The van der Waals surface area contributed by atoms with Crippen molar-refractivity contribution < 1.29 is 24.4 Å². The van der Waals surface area contributed by atoms with Gasteiger partial charge in [-0.1, -0.05) is 57.2 Å². The van der Waals surface area contributed by atoms with E-state index in [4.69, 9.17) is 4.74 Å². The maximum atomic E-state index is 13.3. The number of nitrogens with zero attached hydrogens (tertiary/aromatic N) is 2. The fourth-order valence-electron chi connectivity index (χ4n) is 4.55. The summed E-state index contributed by atoms with van der Waals surface area (Å²) in [6, 6.07) is 19.3. The highest BCUT2D eigenvalue weighted by molar-refractivity contribution is 6.46. The molecule has 0 bridgehead atoms. The van der Waals surface area contributed by atoms with E-state index in [0.717, 1.165) is 11.1 Å². The number of carbonyl (C=O) groups excluding carboxylic acids is 2. The number of carbonyl (C=O) groups is 2. The Kier molecular flexibility index (Phi) is 7.35. The van der Waals surface area contributed by atoms with Gasteiger partial charge < -0.3 is 14.7 Å². The van der Waals surface area contributed by atoms with Crippen molar-refractivity contribution in [1.29, 1.82) is 0 Å². The average molecular weight is 515 g/mol. The molecule has 1 atom stereocenters. The Bertz CT molecular complexity index is 1400. The van der Waals surface area contributed by atoms with E-state index in [9.17, 15) is 24.8 Å². The highest BCUT2D eigenvalue weighted by Gasteiger charge is 2.46. The minimum atomic E-state index is -0.852. The molecule has 1 heterocycles. The number of ketones is 1. The number of nitro groups is 1. The highest BCUT2D eigenvalue weighted by Crippen LogP contribution is 2.41. The number of likely N-dealkylation sites (tertiary alicyclic amines) is 1. The summed E-state index contributed by atoms with van der Waals surface area (Å²) in [5.41, 5.74) is 2.42. The summed E-state index contributed by atoms with van der Waals surface area (Å²) in [5, 5.41) is 22.3. The van der Waals surface area contributed by atoms with Crippen molar-refractivity contribution in [2.75, 3.05) is 6.61 Å². The van der Waals surface area contributed by atoms with Gasteiger partial charge in [-0.3, -0.25) is 19.7 Å². The summed E-state index contributed by atoms with van der Waals surface area (Å²) in [7, 11) is 0. The molecule has 8 heteroatoms. The number of rotatable bonds is 7. The molecule has 3 aromatic rings. The summed E-state index contributed by atoms with van der Waals surface area (Å²) >= 11 is 0. The predicted octanol–water partition coefficient (Wildman–Crippen LogP) is 5.91. The van der Waals surface area contributed by atoms with Crippen LogP contribution in [0.5, 0.6) is 5.75 Å². The van der Waals surface area contributed by atoms with Gasteiger partial charge in [0.2, 0.25) is 0 Å². The van der Waals surface area contributed by atoms with Gasteiger partial charge in [0.1, 0.15) is 11.5 Å². The second-order valence-corrected chi connectivity index (χ2v) is 10.2. The molecular formula is C30H30N2O6. The quantitative estimate of drug-likeness (QED) is 0.138. The number of non-ortho nitro benzene ring substituents is 1.